The van der Waals surface area contributed by atoms with E-state index < -0.39 is 15.9 Å². The van der Waals surface area contributed by atoms with Gasteiger partial charge in [-0.25, -0.2) is 8.42 Å². The second-order valence-corrected chi connectivity index (χ2v) is 11.1. The summed E-state index contributed by atoms with van der Waals surface area (Å²) in [7, 11) is -2.42. The molecule has 1 amide bonds. The second kappa shape index (κ2) is 11.6. The number of hydrogen-bond donors (Lipinski definition) is 1. The Hall–Kier alpha value is -3.03. The molecule has 0 bridgehead atoms. The Morgan fingerprint density at radius 2 is 1.63 bits per heavy atom. The minimum Gasteiger partial charge on any atom is -0.497 e. The van der Waals surface area contributed by atoms with Crippen molar-refractivity contribution in [3.8, 4) is 5.75 Å². The van der Waals surface area contributed by atoms with Crippen LogP contribution in [0.15, 0.2) is 77.7 Å². The van der Waals surface area contributed by atoms with E-state index in [-0.39, 0.29) is 17.5 Å². The molecular formula is C27H31ClN2O4S. The van der Waals surface area contributed by atoms with E-state index in [1.54, 1.807) is 19.2 Å². The van der Waals surface area contributed by atoms with Gasteiger partial charge in [-0.15, -0.1) is 0 Å². The lowest BCUT2D eigenvalue weighted by Crippen LogP contribution is -2.42. The Kier molecular flexibility index (Phi) is 8.81. The van der Waals surface area contributed by atoms with Crippen molar-refractivity contribution in [1.29, 1.82) is 0 Å². The molecule has 0 fully saturated rings. The average molecular weight is 515 g/mol. The van der Waals surface area contributed by atoms with Crippen LogP contribution in [0.5, 0.6) is 5.75 Å². The van der Waals surface area contributed by atoms with Crippen molar-refractivity contribution in [2.75, 3.05) is 18.0 Å². The number of nitrogens with zero attached hydrogens (tertiary/aromatic N) is 1. The molecule has 0 unspecified atom stereocenters. The Morgan fingerprint density at radius 3 is 2.20 bits per heavy atom. The minimum atomic E-state index is -4.02. The quantitative estimate of drug-likeness (QED) is 0.373. The molecule has 1 atom stereocenters. The summed E-state index contributed by atoms with van der Waals surface area (Å²) in [6.45, 7) is 5.61. The molecule has 0 saturated carbocycles. The number of benzene rings is 3. The Balaban J connectivity index is 1.93. The number of amides is 1. The number of carbonyl (C=O) groups excluding carboxylic acids is 1. The molecule has 3 aromatic rings. The minimum absolute atomic E-state index is 0.0619. The van der Waals surface area contributed by atoms with Crippen LogP contribution in [-0.2, 0) is 14.8 Å². The number of sulfonamides is 1. The maximum Gasteiger partial charge on any atom is 0.264 e. The van der Waals surface area contributed by atoms with Crippen molar-refractivity contribution in [3.05, 3.63) is 88.9 Å². The van der Waals surface area contributed by atoms with E-state index in [2.05, 4.69) is 19.2 Å². The summed E-state index contributed by atoms with van der Waals surface area (Å²) in [6, 6.07) is 20.3. The molecule has 3 rings (SSSR count). The summed E-state index contributed by atoms with van der Waals surface area (Å²) >= 11 is 5.96. The van der Waals surface area contributed by atoms with Crippen LogP contribution < -0.4 is 14.4 Å². The van der Waals surface area contributed by atoms with E-state index in [4.69, 9.17) is 16.3 Å². The van der Waals surface area contributed by atoms with E-state index in [1.807, 2.05) is 43.3 Å². The van der Waals surface area contributed by atoms with Crippen LogP contribution in [0.3, 0.4) is 0 Å². The van der Waals surface area contributed by atoms with Gasteiger partial charge in [-0.1, -0.05) is 55.8 Å². The smallest absolute Gasteiger partial charge is 0.264 e. The average Bonchev–Trinajstić information content (AvgIpc) is 2.82. The maximum absolute atomic E-state index is 13.6. The third kappa shape index (κ3) is 6.77. The zero-order valence-corrected chi connectivity index (χ0v) is 21.9. The molecule has 0 saturated heterocycles. The van der Waals surface area contributed by atoms with Gasteiger partial charge in [0, 0.05) is 5.02 Å². The standard InChI is InChI=1S/C27H31ClN2O4S/c1-19(2)17-25(21-9-13-23(34-4)14-10-21)29-27(31)18-30(26-8-6-5-7-20(26)3)35(32,33)24-15-11-22(28)12-16-24/h5-16,19,25H,17-18H2,1-4H3,(H,29,31)/t25-/m0/s1. The third-order valence-electron chi connectivity index (χ3n) is 5.63. The third-order valence-corrected chi connectivity index (χ3v) is 7.66. The Bertz CT molecular complexity index is 1240. The highest BCUT2D eigenvalue weighted by Gasteiger charge is 2.29. The summed E-state index contributed by atoms with van der Waals surface area (Å²) in [5.74, 6) is 0.642. The number of hydrogen-bond acceptors (Lipinski definition) is 4. The number of aryl methyl sites for hydroxylation is 1. The van der Waals surface area contributed by atoms with Crippen molar-refractivity contribution < 1.29 is 17.9 Å². The van der Waals surface area contributed by atoms with E-state index in [0.29, 0.717) is 23.0 Å². The number of anilines is 1. The summed E-state index contributed by atoms with van der Waals surface area (Å²) in [5.41, 5.74) is 2.12. The molecule has 186 valence electrons. The first-order chi connectivity index (χ1) is 16.6. The van der Waals surface area contributed by atoms with Crippen LogP contribution in [0.4, 0.5) is 5.69 Å². The van der Waals surface area contributed by atoms with Crippen LogP contribution in [-0.4, -0.2) is 28.0 Å². The first-order valence-corrected chi connectivity index (χ1v) is 13.2. The van der Waals surface area contributed by atoms with Gasteiger partial charge in [0.05, 0.1) is 23.7 Å². The van der Waals surface area contributed by atoms with Crippen LogP contribution in [0.1, 0.15) is 37.4 Å². The lowest BCUT2D eigenvalue weighted by Gasteiger charge is -2.27. The normalized spacial score (nSPS) is 12.3. The van der Waals surface area contributed by atoms with Crippen molar-refractivity contribution in [2.24, 2.45) is 5.92 Å². The van der Waals surface area contributed by atoms with Gasteiger partial charge in [0.15, 0.2) is 0 Å². The predicted molar refractivity (Wildman–Crippen MR) is 140 cm³/mol. The molecule has 0 aliphatic carbocycles. The molecule has 0 spiro atoms. The molecule has 35 heavy (non-hydrogen) atoms. The van der Waals surface area contributed by atoms with E-state index >= 15 is 0 Å². The number of rotatable bonds is 10. The molecule has 0 radical (unpaired) electrons. The highest BCUT2D eigenvalue weighted by Crippen LogP contribution is 2.28. The first kappa shape index (κ1) is 26.6. The van der Waals surface area contributed by atoms with Gasteiger partial charge in [-0.2, -0.15) is 0 Å². The summed E-state index contributed by atoms with van der Waals surface area (Å²) in [4.78, 5) is 13.4. The molecule has 6 nitrogen and oxygen atoms in total. The fourth-order valence-corrected chi connectivity index (χ4v) is 5.44. The van der Waals surface area contributed by atoms with Gasteiger partial charge in [-0.05, 0) is 72.9 Å². The Morgan fingerprint density at radius 1 is 1.00 bits per heavy atom. The molecule has 0 aliphatic rings. The Labute approximate surface area is 212 Å². The lowest BCUT2D eigenvalue weighted by molar-refractivity contribution is -0.120. The SMILES string of the molecule is COc1ccc([C@H](CC(C)C)NC(=O)CN(c2ccccc2C)S(=O)(=O)c2ccc(Cl)cc2)cc1. The van der Waals surface area contributed by atoms with Crippen molar-refractivity contribution in [2.45, 2.75) is 38.1 Å². The summed E-state index contributed by atoms with van der Waals surface area (Å²) < 4.78 is 33.6. The number of ether oxygens (including phenoxy) is 1. The summed E-state index contributed by atoms with van der Waals surface area (Å²) in [5, 5.41) is 3.48. The molecular weight excluding hydrogens is 484 g/mol. The van der Waals surface area contributed by atoms with Gasteiger partial charge in [0.1, 0.15) is 12.3 Å². The van der Waals surface area contributed by atoms with E-state index in [9.17, 15) is 13.2 Å². The number of para-hydroxylation sites is 1. The van der Waals surface area contributed by atoms with Crippen LogP contribution in [0, 0.1) is 12.8 Å². The van der Waals surface area contributed by atoms with E-state index in [1.165, 1.54) is 24.3 Å². The highest BCUT2D eigenvalue weighted by atomic mass is 35.5. The number of nitrogens with one attached hydrogen (secondary N) is 1. The topological polar surface area (TPSA) is 75.7 Å². The van der Waals surface area contributed by atoms with Gasteiger partial charge in [0.2, 0.25) is 5.91 Å². The number of carbonyl (C=O) groups is 1. The number of methoxy groups -OCH3 is 1. The van der Waals surface area contributed by atoms with Gasteiger partial charge in [-0.3, -0.25) is 9.10 Å². The van der Waals surface area contributed by atoms with Gasteiger partial charge in [0.25, 0.3) is 10.0 Å². The fourth-order valence-electron chi connectivity index (χ4n) is 3.83. The molecule has 8 heteroatoms. The first-order valence-electron chi connectivity index (χ1n) is 11.4. The summed E-state index contributed by atoms with van der Waals surface area (Å²) in [6.07, 6.45) is 0.701. The predicted octanol–water partition coefficient (Wildman–Crippen LogP) is 5.76. The van der Waals surface area contributed by atoms with Crippen molar-refractivity contribution >= 4 is 33.2 Å². The fraction of sp³-hybridized carbons (Fsp3) is 0.296. The van der Waals surface area contributed by atoms with Crippen molar-refractivity contribution in [1.82, 2.24) is 5.32 Å². The van der Waals surface area contributed by atoms with Crippen LogP contribution >= 0.6 is 11.6 Å². The van der Waals surface area contributed by atoms with Crippen molar-refractivity contribution in [3.63, 3.8) is 0 Å². The zero-order chi connectivity index (χ0) is 25.6. The highest BCUT2D eigenvalue weighted by molar-refractivity contribution is 7.92. The van der Waals surface area contributed by atoms with Gasteiger partial charge >= 0.3 is 0 Å². The van der Waals surface area contributed by atoms with E-state index in [0.717, 1.165) is 21.2 Å². The molecule has 0 aromatic heterocycles. The maximum atomic E-state index is 13.6. The molecule has 0 heterocycles. The molecule has 3 aromatic carbocycles. The monoisotopic (exact) mass is 514 g/mol. The largest absolute Gasteiger partial charge is 0.497 e. The van der Waals surface area contributed by atoms with Crippen LogP contribution in [0.2, 0.25) is 5.02 Å². The lowest BCUT2D eigenvalue weighted by atomic mass is 9.97. The molecule has 1 N–H and O–H groups in total. The van der Waals surface area contributed by atoms with Gasteiger partial charge < -0.3 is 10.1 Å². The van der Waals surface area contributed by atoms with Crippen LogP contribution in [0.25, 0.3) is 0 Å². The number of halogens is 1. The zero-order valence-electron chi connectivity index (χ0n) is 20.4. The second-order valence-electron chi connectivity index (χ2n) is 8.77. The molecule has 0 aliphatic heterocycles.